The molecule has 7 nitrogen and oxygen atoms in total. The highest BCUT2D eigenvalue weighted by atomic mass is 35.5. The van der Waals surface area contributed by atoms with E-state index < -0.39 is 0 Å². The van der Waals surface area contributed by atoms with Crippen LogP contribution >= 0.6 is 24.8 Å². The van der Waals surface area contributed by atoms with E-state index in [-0.39, 0.29) is 36.5 Å². The number of benzene rings is 2. The van der Waals surface area contributed by atoms with Gasteiger partial charge in [-0.15, -0.1) is 29.9 Å². The van der Waals surface area contributed by atoms with E-state index in [2.05, 4.69) is 15.8 Å². The van der Waals surface area contributed by atoms with Gasteiger partial charge in [0.25, 0.3) is 0 Å². The molecular formula is C14H17Cl2N7. The maximum absolute atomic E-state index is 7.30. The molecule has 0 atom stereocenters. The van der Waals surface area contributed by atoms with E-state index in [9.17, 15) is 0 Å². The molecule has 0 aliphatic heterocycles. The molecule has 0 saturated carbocycles. The summed E-state index contributed by atoms with van der Waals surface area (Å²) in [4.78, 5) is 0. The summed E-state index contributed by atoms with van der Waals surface area (Å²) in [6.45, 7) is 0. The van der Waals surface area contributed by atoms with Gasteiger partial charge in [0.1, 0.15) is 11.7 Å². The van der Waals surface area contributed by atoms with Crippen LogP contribution in [0.2, 0.25) is 0 Å². The van der Waals surface area contributed by atoms with Gasteiger partial charge in [-0.05, 0) is 48.5 Å². The van der Waals surface area contributed by atoms with Crippen molar-refractivity contribution >= 4 is 47.9 Å². The number of nitrogens with zero attached hydrogens (tertiary/aromatic N) is 2. The highest BCUT2D eigenvalue weighted by Gasteiger charge is 1.97. The summed E-state index contributed by atoms with van der Waals surface area (Å²) < 4.78 is 0. The van der Waals surface area contributed by atoms with Crippen LogP contribution in [0.25, 0.3) is 0 Å². The Bertz CT molecular complexity index is 681. The number of nitrogen functional groups attached to an aromatic ring is 2. The number of nitrogens with one attached hydrogen (secondary N) is 3. The largest absolute Gasteiger partial charge is 0.384 e. The van der Waals surface area contributed by atoms with E-state index in [0.717, 1.165) is 5.69 Å². The molecule has 2 aromatic carbocycles. The Hall–Kier alpha value is -2.64. The Kier molecular flexibility index (Phi) is 8.31. The monoisotopic (exact) mass is 359 g/mol. The van der Waals surface area contributed by atoms with Gasteiger partial charge in [0.15, 0.2) is 0 Å². The molecule has 0 heterocycles. The molecule has 0 fully saturated rings. The van der Waals surface area contributed by atoms with Crippen LogP contribution in [0.5, 0.6) is 0 Å². The Morgan fingerprint density at radius 1 is 0.783 bits per heavy atom. The first-order valence-corrected chi connectivity index (χ1v) is 6.12. The van der Waals surface area contributed by atoms with Gasteiger partial charge < -0.3 is 11.5 Å². The van der Waals surface area contributed by atoms with Crippen LogP contribution in [-0.2, 0) is 0 Å². The molecule has 7 N–H and O–H groups in total. The molecule has 0 amide bonds. The lowest BCUT2D eigenvalue weighted by molar-refractivity contribution is 1.13. The third-order valence-electron chi connectivity index (χ3n) is 2.72. The van der Waals surface area contributed by atoms with E-state index in [0.29, 0.717) is 16.8 Å². The van der Waals surface area contributed by atoms with E-state index in [1.807, 2.05) is 0 Å². The van der Waals surface area contributed by atoms with Crippen LogP contribution in [0.15, 0.2) is 58.9 Å². The standard InChI is InChI=1S/C14H15N7.2ClH/c15-13(16)9-1-5-11(6-2-9)19-21-20-12-7-3-10(4-8-12)14(17)18;;/h1-8H,(H3,15,16)(H3,17,18)(H,19,20);2*1H/i13+1,14+1,15+1,16+1,17+1,18+1;;. The highest BCUT2D eigenvalue weighted by molar-refractivity contribution is 5.95. The summed E-state index contributed by atoms with van der Waals surface area (Å²) in [5.41, 5.74) is 16.2. The summed E-state index contributed by atoms with van der Waals surface area (Å²) in [7, 11) is 0. The van der Waals surface area contributed by atoms with Crippen molar-refractivity contribution in [2.75, 3.05) is 5.43 Å². The van der Waals surface area contributed by atoms with Crippen LogP contribution in [0.1, 0.15) is 11.1 Å². The number of nitrogens with two attached hydrogens (primary N) is 2. The minimum atomic E-state index is 0. The Labute approximate surface area is 146 Å². The lowest BCUT2D eigenvalue weighted by Gasteiger charge is -2.01. The molecule has 0 aliphatic rings. The fourth-order valence-corrected chi connectivity index (χ4v) is 1.57. The van der Waals surface area contributed by atoms with Gasteiger partial charge in [-0.1, -0.05) is 5.22 Å². The van der Waals surface area contributed by atoms with Gasteiger partial charge in [0.2, 0.25) is 0 Å². The number of hydrogen-bond acceptors (Lipinski definition) is 4. The Balaban J connectivity index is 0.00000242. The molecule has 122 valence electrons. The number of amidine groups is 2. The zero-order valence-electron chi connectivity index (χ0n) is 12.0. The van der Waals surface area contributed by atoms with Gasteiger partial charge in [-0.25, -0.2) is 0 Å². The molecule has 23 heavy (non-hydrogen) atoms. The van der Waals surface area contributed by atoms with Crippen molar-refractivity contribution in [2.24, 2.45) is 21.8 Å². The van der Waals surface area contributed by atoms with E-state index >= 15 is 0 Å². The minimum absolute atomic E-state index is 0. The molecule has 0 saturated heterocycles. The lowest BCUT2D eigenvalue weighted by Crippen LogP contribution is -2.10. The molecule has 9 heteroatoms. The highest BCUT2D eigenvalue weighted by Crippen LogP contribution is 2.14. The smallest absolute Gasteiger partial charge is 0.122 e. The first-order valence-electron chi connectivity index (χ1n) is 6.12. The van der Waals surface area contributed by atoms with Crippen molar-refractivity contribution in [3.8, 4) is 0 Å². The molecule has 0 aromatic heterocycles. The topological polar surface area (TPSA) is 136 Å². The molecule has 2 rings (SSSR count). The van der Waals surface area contributed by atoms with Crippen LogP contribution in [0.3, 0.4) is 0 Å². The van der Waals surface area contributed by atoms with Gasteiger partial charge in [-0.2, -0.15) is 0 Å². The first kappa shape index (κ1) is 20.4. The van der Waals surface area contributed by atoms with Crippen molar-refractivity contribution in [3.63, 3.8) is 0 Å². The molecule has 0 unspecified atom stereocenters. The van der Waals surface area contributed by atoms with Crippen molar-refractivity contribution in [1.29, 1.82) is 10.8 Å². The second kappa shape index (κ2) is 9.39. The molecule has 0 radical (unpaired) electrons. The average Bonchev–Trinajstić information content (AvgIpc) is 2.48. The predicted molar refractivity (Wildman–Crippen MR) is 97.6 cm³/mol. The maximum atomic E-state index is 7.30. The quantitative estimate of drug-likeness (QED) is 0.140. The van der Waals surface area contributed by atoms with Gasteiger partial charge in [-0.3, -0.25) is 16.2 Å². The molecule has 0 aliphatic carbocycles. The van der Waals surface area contributed by atoms with Crippen molar-refractivity contribution in [3.05, 3.63) is 59.7 Å². The predicted octanol–water partition coefficient (Wildman–Crippen LogP) is 3.21. The van der Waals surface area contributed by atoms with Crippen molar-refractivity contribution < 1.29 is 0 Å². The number of halogens is 2. The molecular weight excluding hydrogens is 343 g/mol. The fraction of sp³-hybridized carbons (Fsp3) is 0. The summed E-state index contributed by atoms with van der Waals surface area (Å²) in [5.74, 6) is 0.0379. The average molecular weight is 360 g/mol. The fourth-order valence-electron chi connectivity index (χ4n) is 1.57. The summed E-state index contributed by atoms with van der Waals surface area (Å²) in [5, 5.41) is 22.4. The maximum Gasteiger partial charge on any atom is 0.122 e. The molecule has 0 spiro atoms. The third kappa shape index (κ3) is 5.93. The number of hydrogen-bond donors (Lipinski definition) is 5. The first-order chi connectivity index (χ1) is 10.1. The summed E-state index contributed by atoms with van der Waals surface area (Å²) in [6.07, 6.45) is 0. The van der Waals surface area contributed by atoms with E-state index in [1.54, 1.807) is 48.5 Å². The van der Waals surface area contributed by atoms with Crippen molar-refractivity contribution in [1.82, 2.24) is 0 Å². The number of rotatable bonds is 5. The third-order valence-corrected chi connectivity index (χ3v) is 2.72. The normalized spacial score (nSPS) is 9.57. The van der Waals surface area contributed by atoms with Crippen LogP contribution in [0, 0.1) is 10.8 Å². The van der Waals surface area contributed by atoms with Crippen LogP contribution < -0.4 is 16.9 Å². The summed E-state index contributed by atoms with van der Waals surface area (Å²) >= 11 is 0. The second-order valence-electron chi connectivity index (χ2n) is 4.26. The zero-order chi connectivity index (χ0) is 15.2. The van der Waals surface area contributed by atoms with Crippen LogP contribution in [-0.4, -0.2) is 11.7 Å². The van der Waals surface area contributed by atoms with E-state index in [4.69, 9.17) is 22.3 Å². The Morgan fingerprint density at radius 3 is 1.65 bits per heavy atom. The van der Waals surface area contributed by atoms with Gasteiger partial charge >= 0.3 is 0 Å². The SMILES string of the molecule is Cl.Cl.[15NH]=[13C]([15NH2])c1ccc(N=NNc2ccc([13C](=[15NH])[15NH2])cc2)cc1. The van der Waals surface area contributed by atoms with E-state index in [1.165, 1.54) is 0 Å². The second-order valence-corrected chi connectivity index (χ2v) is 4.26. The Morgan fingerprint density at radius 2 is 1.22 bits per heavy atom. The summed E-state index contributed by atoms with van der Waals surface area (Å²) in [6, 6.07) is 13.8. The zero-order valence-corrected chi connectivity index (χ0v) is 13.6. The molecule has 0 bridgehead atoms. The number of anilines is 1. The van der Waals surface area contributed by atoms with Gasteiger partial charge in [0, 0.05) is 11.1 Å². The molecule has 2 aromatic rings. The minimum Gasteiger partial charge on any atom is -0.384 e. The van der Waals surface area contributed by atoms with Crippen molar-refractivity contribution in [2.45, 2.75) is 0 Å². The lowest BCUT2D eigenvalue weighted by atomic mass is 10.2. The van der Waals surface area contributed by atoms with Crippen LogP contribution in [0.4, 0.5) is 11.4 Å². The van der Waals surface area contributed by atoms with Gasteiger partial charge in [0.05, 0.1) is 11.4 Å².